The van der Waals surface area contributed by atoms with Gasteiger partial charge in [0.25, 0.3) is 5.56 Å². The summed E-state index contributed by atoms with van der Waals surface area (Å²) in [4.78, 5) is 22.0. The molecule has 2 N–H and O–H groups in total. The summed E-state index contributed by atoms with van der Waals surface area (Å²) in [6.45, 7) is 3.84. The molecule has 1 aromatic carbocycles. The number of fused-ring (bicyclic) bond motifs is 3. The highest BCUT2D eigenvalue weighted by atomic mass is 16.1. The van der Waals surface area contributed by atoms with Crippen molar-refractivity contribution in [3.05, 3.63) is 39.9 Å². The molecule has 0 saturated heterocycles. The summed E-state index contributed by atoms with van der Waals surface area (Å²) in [5.74, 6) is 0.758. The van der Waals surface area contributed by atoms with Gasteiger partial charge in [-0.15, -0.1) is 0 Å². The zero-order valence-electron chi connectivity index (χ0n) is 9.09. The lowest BCUT2D eigenvalue weighted by Crippen LogP contribution is -2.06. The second kappa shape index (κ2) is 2.95. The van der Waals surface area contributed by atoms with Crippen molar-refractivity contribution < 1.29 is 0 Å². The molecule has 3 aromatic rings. The first-order valence-corrected chi connectivity index (χ1v) is 5.14. The SMILES string of the molecule is Cc1ccc2c(c1)[nH]c(=O)c1[nH]c(C)nc12. The summed E-state index contributed by atoms with van der Waals surface area (Å²) >= 11 is 0. The van der Waals surface area contributed by atoms with E-state index in [2.05, 4.69) is 15.0 Å². The molecule has 3 rings (SSSR count). The van der Waals surface area contributed by atoms with Crippen molar-refractivity contribution in [2.24, 2.45) is 0 Å². The highest BCUT2D eigenvalue weighted by Gasteiger charge is 2.08. The zero-order valence-corrected chi connectivity index (χ0v) is 9.09. The van der Waals surface area contributed by atoms with Gasteiger partial charge in [0.2, 0.25) is 0 Å². The van der Waals surface area contributed by atoms with Crippen molar-refractivity contribution in [3.8, 4) is 0 Å². The minimum absolute atomic E-state index is 0.117. The number of benzene rings is 1. The topological polar surface area (TPSA) is 61.5 Å². The summed E-state index contributed by atoms with van der Waals surface area (Å²) < 4.78 is 0. The number of imidazole rings is 1. The second-order valence-electron chi connectivity index (χ2n) is 4.05. The van der Waals surface area contributed by atoms with Crippen molar-refractivity contribution >= 4 is 21.9 Å². The number of hydrogen-bond acceptors (Lipinski definition) is 2. The Hall–Kier alpha value is -2.10. The van der Waals surface area contributed by atoms with Crippen LogP contribution < -0.4 is 5.56 Å². The van der Waals surface area contributed by atoms with Crippen LogP contribution in [0.1, 0.15) is 11.4 Å². The van der Waals surface area contributed by atoms with Crippen molar-refractivity contribution in [2.75, 3.05) is 0 Å². The van der Waals surface area contributed by atoms with Crippen molar-refractivity contribution in [1.82, 2.24) is 15.0 Å². The monoisotopic (exact) mass is 213 g/mol. The average molecular weight is 213 g/mol. The largest absolute Gasteiger partial charge is 0.338 e. The Morgan fingerprint density at radius 2 is 2.00 bits per heavy atom. The molecule has 4 heteroatoms. The number of hydrogen-bond donors (Lipinski definition) is 2. The predicted octanol–water partition coefficient (Wildman–Crippen LogP) is 2.02. The van der Waals surface area contributed by atoms with Gasteiger partial charge in [0.15, 0.2) is 0 Å². The van der Waals surface area contributed by atoms with Gasteiger partial charge in [-0.1, -0.05) is 12.1 Å². The first-order chi connectivity index (χ1) is 7.65. The molecular weight excluding hydrogens is 202 g/mol. The van der Waals surface area contributed by atoms with Gasteiger partial charge in [-0.3, -0.25) is 4.79 Å². The quantitative estimate of drug-likeness (QED) is 0.600. The van der Waals surface area contributed by atoms with Crippen LogP contribution in [0.2, 0.25) is 0 Å². The average Bonchev–Trinajstić information content (AvgIpc) is 2.60. The van der Waals surface area contributed by atoms with Crippen LogP contribution in [0.15, 0.2) is 23.0 Å². The van der Waals surface area contributed by atoms with Gasteiger partial charge < -0.3 is 9.97 Å². The van der Waals surface area contributed by atoms with E-state index >= 15 is 0 Å². The normalized spacial score (nSPS) is 11.4. The van der Waals surface area contributed by atoms with Gasteiger partial charge in [-0.25, -0.2) is 4.98 Å². The van der Waals surface area contributed by atoms with Crippen LogP contribution in [0.25, 0.3) is 21.9 Å². The molecule has 0 fully saturated rings. The molecule has 0 atom stereocenters. The molecule has 2 heterocycles. The minimum Gasteiger partial charge on any atom is -0.338 e. The highest BCUT2D eigenvalue weighted by Crippen LogP contribution is 2.19. The zero-order chi connectivity index (χ0) is 11.3. The standard InChI is InChI=1S/C12H11N3O/c1-6-3-4-8-9(5-6)15-12(16)11-10(8)13-7(2)14-11/h3-5H,1-2H3,(H,13,14)(H,15,16). The smallest absolute Gasteiger partial charge is 0.274 e. The summed E-state index contributed by atoms with van der Waals surface area (Å²) in [7, 11) is 0. The van der Waals surface area contributed by atoms with E-state index in [-0.39, 0.29) is 5.56 Å². The Morgan fingerprint density at radius 3 is 2.81 bits per heavy atom. The molecule has 2 aromatic heterocycles. The third kappa shape index (κ3) is 1.16. The lowest BCUT2D eigenvalue weighted by atomic mass is 10.1. The van der Waals surface area contributed by atoms with Gasteiger partial charge in [-0.05, 0) is 25.5 Å². The molecule has 0 saturated carbocycles. The number of pyridine rings is 1. The van der Waals surface area contributed by atoms with E-state index in [4.69, 9.17) is 0 Å². The number of nitrogens with one attached hydrogen (secondary N) is 2. The van der Waals surface area contributed by atoms with Crippen LogP contribution in [-0.2, 0) is 0 Å². The lowest BCUT2D eigenvalue weighted by Gasteiger charge is -1.99. The Balaban J connectivity index is 2.63. The predicted molar refractivity (Wildman–Crippen MR) is 63.7 cm³/mol. The minimum atomic E-state index is -0.117. The fraction of sp³-hybridized carbons (Fsp3) is 0.167. The molecule has 0 spiro atoms. The van der Waals surface area contributed by atoms with Crippen LogP contribution in [0.5, 0.6) is 0 Å². The molecule has 0 radical (unpaired) electrons. The van der Waals surface area contributed by atoms with Crippen LogP contribution in [0.4, 0.5) is 0 Å². The van der Waals surface area contributed by atoms with E-state index in [0.717, 1.165) is 27.8 Å². The maximum Gasteiger partial charge on any atom is 0.274 e. The fourth-order valence-electron chi connectivity index (χ4n) is 2.00. The molecule has 0 unspecified atom stereocenters. The number of H-pyrrole nitrogens is 2. The number of rotatable bonds is 0. The Kier molecular flexibility index (Phi) is 1.68. The molecule has 4 nitrogen and oxygen atoms in total. The van der Waals surface area contributed by atoms with Crippen molar-refractivity contribution in [2.45, 2.75) is 13.8 Å². The first kappa shape index (κ1) is 9.15. The third-order valence-electron chi connectivity index (χ3n) is 2.73. The number of aromatic amines is 2. The Morgan fingerprint density at radius 1 is 1.19 bits per heavy atom. The maximum atomic E-state index is 11.8. The molecule has 0 aliphatic heterocycles. The molecule has 0 amide bonds. The number of aromatic nitrogens is 3. The molecule has 0 aliphatic carbocycles. The van der Waals surface area contributed by atoms with Crippen LogP contribution in [-0.4, -0.2) is 15.0 Å². The van der Waals surface area contributed by atoms with Gasteiger partial charge >= 0.3 is 0 Å². The number of nitrogens with zero attached hydrogens (tertiary/aromatic N) is 1. The number of aryl methyl sites for hydroxylation is 2. The summed E-state index contributed by atoms with van der Waals surface area (Å²) in [6.07, 6.45) is 0. The second-order valence-corrected chi connectivity index (χ2v) is 4.05. The van der Waals surface area contributed by atoms with E-state index in [1.54, 1.807) is 0 Å². The van der Waals surface area contributed by atoms with E-state index in [1.807, 2.05) is 32.0 Å². The lowest BCUT2D eigenvalue weighted by molar-refractivity contribution is 1.17. The van der Waals surface area contributed by atoms with Gasteiger partial charge in [0, 0.05) is 5.39 Å². The maximum absolute atomic E-state index is 11.8. The summed E-state index contributed by atoms with van der Waals surface area (Å²) in [5.41, 5.74) is 3.14. The molecule has 0 aliphatic rings. The highest BCUT2D eigenvalue weighted by molar-refractivity contribution is 6.01. The fourth-order valence-corrected chi connectivity index (χ4v) is 2.00. The van der Waals surface area contributed by atoms with Gasteiger partial charge in [-0.2, -0.15) is 0 Å². The van der Waals surface area contributed by atoms with E-state index in [9.17, 15) is 4.79 Å². The summed E-state index contributed by atoms with van der Waals surface area (Å²) in [5, 5.41) is 0.976. The van der Waals surface area contributed by atoms with Crippen LogP contribution in [0, 0.1) is 13.8 Å². The van der Waals surface area contributed by atoms with Gasteiger partial charge in [0.05, 0.1) is 5.52 Å². The first-order valence-electron chi connectivity index (χ1n) is 5.14. The van der Waals surface area contributed by atoms with E-state index in [0.29, 0.717) is 5.52 Å². The van der Waals surface area contributed by atoms with Crippen LogP contribution in [0.3, 0.4) is 0 Å². The van der Waals surface area contributed by atoms with E-state index < -0.39 is 0 Å². The third-order valence-corrected chi connectivity index (χ3v) is 2.73. The Labute approximate surface area is 91.3 Å². The molecule has 80 valence electrons. The Bertz CT molecular complexity index is 752. The molecule has 0 bridgehead atoms. The van der Waals surface area contributed by atoms with Crippen molar-refractivity contribution in [3.63, 3.8) is 0 Å². The summed E-state index contributed by atoms with van der Waals surface area (Å²) in [6, 6.07) is 5.97. The molecule has 16 heavy (non-hydrogen) atoms. The van der Waals surface area contributed by atoms with Crippen LogP contribution >= 0.6 is 0 Å². The van der Waals surface area contributed by atoms with E-state index in [1.165, 1.54) is 0 Å². The van der Waals surface area contributed by atoms with Crippen molar-refractivity contribution in [1.29, 1.82) is 0 Å². The van der Waals surface area contributed by atoms with Gasteiger partial charge in [0.1, 0.15) is 16.9 Å². The molecular formula is C12H11N3O.